The largest absolute Gasteiger partial charge is 0.497 e. The quantitative estimate of drug-likeness (QED) is 0.737. The fourth-order valence-electron chi connectivity index (χ4n) is 2.44. The Balaban J connectivity index is 2.05. The Morgan fingerprint density at radius 1 is 1.28 bits per heavy atom. The molecule has 2 aromatic rings. The number of halogens is 2. The molecule has 0 saturated heterocycles. The van der Waals surface area contributed by atoms with Gasteiger partial charge in [-0.1, -0.05) is 23.7 Å². The lowest BCUT2D eigenvalue weighted by molar-refractivity contribution is 0.292. The Bertz CT molecular complexity index is 722. The smallest absolute Gasteiger partial charge is 0.170 e. The van der Waals surface area contributed by atoms with E-state index in [1.54, 1.807) is 19.2 Å². The lowest BCUT2D eigenvalue weighted by Crippen LogP contribution is -2.37. The standard InChI is InChI=1S/C18H21ClFN3OS/c1-23(2)16(17-14(19)8-5-9-15(17)20)11-21-18(25)22-12-6-4-7-13(10-12)24-3/h4-10,16H,11H2,1-3H3,(H2,21,22,25)/t16-/m0/s1. The average molecular weight is 382 g/mol. The Labute approximate surface area is 157 Å². The van der Waals surface area contributed by atoms with Crippen molar-refractivity contribution in [2.45, 2.75) is 6.04 Å². The van der Waals surface area contributed by atoms with E-state index in [0.29, 0.717) is 22.2 Å². The molecule has 0 fully saturated rings. The highest BCUT2D eigenvalue weighted by molar-refractivity contribution is 7.80. The second kappa shape index (κ2) is 8.99. The van der Waals surface area contributed by atoms with Crippen LogP contribution in [0.15, 0.2) is 42.5 Å². The molecule has 0 aromatic heterocycles. The zero-order valence-electron chi connectivity index (χ0n) is 14.3. The van der Waals surface area contributed by atoms with E-state index in [9.17, 15) is 4.39 Å². The number of anilines is 1. The summed E-state index contributed by atoms with van der Waals surface area (Å²) in [6.07, 6.45) is 0. The van der Waals surface area contributed by atoms with E-state index in [2.05, 4.69) is 10.6 Å². The third-order valence-corrected chi connectivity index (χ3v) is 4.32. The van der Waals surface area contributed by atoms with Crippen LogP contribution in [-0.2, 0) is 0 Å². The van der Waals surface area contributed by atoms with E-state index in [-0.39, 0.29) is 11.9 Å². The highest BCUT2D eigenvalue weighted by Crippen LogP contribution is 2.28. The van der Waals surface area contributed by atoms with Crippen molar-refractivity contribution in [3.05, 3.63) is 58.9 Å². The maximum absolute atomic E-state index is 14.2. The average Bonchev–Trinajstić information content (AvgIpc) is 2.57. The van der Waals surface area contributed by atoms with Crippen LogP contribution in [0.1, 0.15) is 11.6 Å². The van der Waals surface area contributed by atoms with Crippen LogP contribution in [0.25, 0.3) is 0 Å². The van der Waals surface area contributed by atoms with E-state index in [1.807, 2.05) is 43.3 Å². The Kier molecular flexibility index (Phi) is 6.99. The molecule has 0 aliphatic rings. The number of benzene rings is 2. The van der Waals surface area contributed by atoms with E-state index < -0.39 is 0 Å². The number of likely N-dealkylation sites (N-methyl/N-ethyl adjacent to an activating group) is 1. The number of nitrogens with zero attached hydrogens (tertiary/aromatic N) is 1. The summed E-state index contributed by atoms with van der Waals surface area (Å²) in [5.74, 6) is 0.400. The van der Waals surface area contributed by atoms with Crippen LogP contribution in [-0.4, -0.2) is 37.8 Å². The van der Waals surface area contributed by atoms with Gasteiger partial charge in [0.1, 0.15) is 11.6 Å². The van der Waals surface area contributed by atoms with Gasteiger partial charge >= 0.3 is 0 Å². The van der Waals surface area contributed by atoms with Crippen LogP contribution in [0.3, 0.4) is 0 Å². The maximum Gasteiger partial charge on any atom is 0.170 e. The monoisotopic (exact) mass is 381 g/mol. The van der Waals surface area contributed by atoms with Gasteiger partial charge < -0.3 is 20.3 Å². The first-order chi connectivity index (χ1) is 11.9. The van der Waals surface area contributed by atoms with Crippen molar-refractivity contribution < 1.29 is 9.13 Å². The van der Waals surface area contributed by atoms with Gasteiger partial charge in [-0.15, -0.1) is 0 Å². The molecule has 1 atom stereocenters. The van der Waals surface area contributed by atoms with Crippen molar-refractivity contribution in [3.63, 3.8) is 0 Å². The summed E-state index contributed by atoms with van der Waals surface area (Å²) in [5, 5.41) is 7.04. The molecule has 0 unspecified atom stereocenters. The third kappa shape index (κ3) is 5.29. The second-order valence-corrected chi connectivity index (χ2v) is 6.50. The lowest BCUT2D eigenvalue weighted by atomic mass is 10.1. The minimum absolute atomic E-state index is 0.265. The zero-order valence-corrected chi connectivity index (χ0v) is 15.9. The molecule has 0 aliphatic heterocycles. The van der Waals surface area contributed by atoms with Crippen LogP contribution in [0.2, 0.25) is 5.02 Å². The highest BCUT2D eigenvalue weighted by atomic mass is 35.5. The number of hydrogen-bond donors (Lipinski definition) is 2. The maximum atomic E-state index is 14.2. The zero-order chi connectivity index (χ0) is 18.4. The third-order valence-electron chi connectivity index (χ3n) is 3.74. The summed E-state index contributed by atoms with van der Waals surface area (Å²) in [6.45, 7) is 0.406. The van der Waals surface area contributed by atoms with Crippen LogP contribution in [0, 0.1) is 5.82 Å². The molecule has 25 heavy (non-hydrogen) atoms. The fraction of sp³-hybridized carbons (Fsp3) is 0.278. The molecule has 0 heterocycles. The van der Waals surface area contributed by atoms with Crippen LogP contribution >= 0.6 is 23.8 Å². The van der Waals surface area contributed by atoms with Crippen LogP contribution < -0.4 is 15.4 Å². The molecule has 0 amide bonds. The van der Waals surface area contributed by atoms with Gasteiger partial charge in [0.25, 0.3) is 0 Å². The molecule has 0 bridgehead atoms. The van der Waals surface area contributed by atoms with Gasteiger partial charge in [0.15, 0.2) is 5.11 Å². The van der Waals surface area contributed by atoms with Crippen molar-refractivity contribution in [1.29, 1.82) is 0 Å². The molecule has 0 saturated carbocycles. The van der Waals surface area contributed by atoms with Crippen molar-refractivity contribution in [2.75, 3.05) is 33.1 Å². The number of nitrogens with one attached hydrogen (secondary N) is 2. The number of ether oxygens (including phenoxy) is 1. The van der Waals surface area contributed by atoms with Crippen molar-refractivity contribution in [1.82, 2.24) is 10.2 Å². The molecule has 2 N–H and O–H groups in total. The molecule has 4 nitrogen and oxygen atoms in total. The van der Waals surface area contributed by atoms with E-state index in [4.69, 9.17) is 28.6 Å². The van der Waals surface area contributed by atoms with Gasteiger partial charge in [-0.05, 0) is 50.6 Å². The first kappa shape index (κ1) is 19.4. The normalized spacial score (nSPS) is 11.9. The molecular weight excluding hydrogens is 361 g/mol. The number of hydrogen-bond acceptors (Lipinski definition) is 3. The Morgan fingerprint density at radius 2 is 2.00 bits per heavy atom. The fourth-order valence-corrected chi connectivity index (χ4v) is 2.93. The minimum Gasteiger partial charge on any atom is -0.497 e. The highest BCUT2D eigenvalue weighted by Gasteiger charge is 2.21. The summed E-state index contributed by atoms with van der Waals surface area (Å²) in [7, 11) is 5.34. The predicted molar refractivity (Wildman–Crippen MR) is 105 cm³/mol. The van der Waals surface area contributed by atoms with Gasteiger partial charge in [0.2, 0.25) is 0 Å². The lowest BCUT2D eigenvalue weighted by Gasteiger charge is -2.27. The summed E-state index contributed by atoms with van der Waals surface area (Å²) in [6, 6.07) is 11.9. The summed E-state index contributed by atoms with van der Waals surface area (Å²) >= 11 is 11.5. The molecule has 7 heteroatoms. The van der Waals surface area contributed by atoms with Crippen LogP contribution in [0.5, 0.6) is 5.75 Å². The summed E-state index contributed by atoms with van der Waals surface area (Å²) in [4.78, 5) is 1.89. The Hall–Kier alpha value is -1.89. The summed E-state index contributed by atoms with van der Waals surface area (Å²) < 4.78 is 19.4. The summed E-state index contributed by atoms with van der Waals surface area (Å²) in [5.41, 5.74) is 1.26. The molecule has 2 aromatic carbocycles. The van der Waals surface area contributed by atoms with E-state index in [0.717, 1.165) is 11.4 Å². The van der Waals surface area contributed by atoms with Gasteiger partial charge in [-0.25, -0.2) is 4.39 Å². The molecule has 0 radical (unpaired) electrons. The van der Waals surface area contributed by atoms with Gasteiger partial charge in [-0.3, -0.25) is 0 Å². The molecular formula is C18H21ClFN3OS. The first-order valence-electron chi connectivity index (χ1n) is 7.71. The minimum atomic E-state index is -0.334. The topological polar surface area (TPSA) is 36.5 Å². The molecule has 0 aliphatic carbocycles. The van der Waals surface area contributed by atoms with Crippen molar-refractivity contribution in [3.8, 4) is 5.75 Å². The number of rotatable bonds is 6. The van der Waals surface area contributed by atoms with E-state index in [1.165, 1.54) is 6.07 Å². The van der Waals surface area contributed by atoms with Gasteiger partial charge in [0, 0.05) is 28.9 Å². The molecule has 0 spiro atoms. The second-order valence-electron chi connectivity index (χ2n) is 5.68. The van der Waals surface area contributed by atoms with Gasteiger partial charge in [0.05, 0.1) is 13.2 Å². The Morgan fingerprint density at radius 3 is 2.64 bits per heavy atom. The van der Waals surface area contributed by atoms with Crippen LogP contribution in [0.4, 0.5) is 10.1 Å². The number of methoxy groups -OCH3 is 1. The molecule has 2 rings (SSSR count). The van der Waals surface area contributed by atoms with Crippen molar-refractivity contribution in [2.24, 2.45) is 0 Å². The van der Waals surface area contributed by atoms with E-state index >= 15 is 0 Å². The number of thiocarbonyl (C=S) groups is 1. The SMILES string of the molecule is COc1cccc(NC(=S)NC[C@@H](c2c(F)cccc2Cl)N(C)C)c1. The first-order valence-corrected chi connectivity index (χ1v) is 8.50. The van der Waals surface area contributed by atoms with Gasteiger partial charge in [-0.2, -0.15) is 0 Å². The molecule has 134 valence electrons. The predicted octanol–water partition coefficient (Wildman–Crippen LogP) is 4.08. The van der Waals surface area contributed by atoms with Crippen molar-refractivity contribution >= 4 is 34.6 Å².